The van der Waals surface area contributed by atoms with E-state index in [1.807, 2.05) is 0 Å². The third-order valence-corrected chi connectivity index (χ3v) is 2.64. The maximum absolute atomic E-state index is 4.05. The van der Waals surface area contributed by atoms with Crippen molar-refractivity contribution >= 4 is 11.3 Å². The Morgan fingerprint density at radius 1 is 1.50 bits per heavy atom. The number of nitrogens with zero attached hydrogens (tertiary/aromatic N) is 2. The molecule has 74 valence electrons. The maximum atomic E-state index is 4.05. The van der Waals surface area contributed by atoms with Gasteiger partial charge in [-0.05, 0) is 22.4 Å². The Balaban J connectivity index is 1.65. The van der Waals surface area contributed by atoms with Crippen molar-refractivity contribution in [3.63, 3.8) is 0 Å². The van der Waals surface area contributed by atoms with Crippen LogP contribution in [0.15, 0.2) is 23.2 Å². The summed E-state index contributed by atoms with van der Waals surface area (Å²) in [5, 5.41) is 14.2. The number of rotatable bonds is 5. The van der Waals surface area contributed by atoms with Crippen LogP contribution in [0, 0.1) is 0 Å². The Morgan fingerprint density at radius 2 is 2.50 bits per heavy atom. The van der Waals surface area contributed by atoms with Crippen molar-refractivity contribution in [2.75, 3.05) is 6.54 Å². The minimum absolute atomic E-state index is 0.893. The first-order valence-electron chi connectivity index (χ1n) is 4.51. The summed E-state index contributed by atoms with van der Waals surface area (Å²) in [6.45, 7) is 1.85. The van der Waals surface area contributed by atoms with Gasteiger partial charge in [-0.1, -0.05) is 0 Å². The zero-order chi connectivity index (χ0) is 9.64. The normalized spacial score (nSPS) is 10.6. The Morgan fingerprint density at radius 3 is 3.21 bits per heavy atom. The fraction of sp³-hybridized carbons (Fsp3) is 0.333. The fourth-order valence-electron chi connectivity index (χ4n) is 1.18. The molecule has 0 unspecified atom stereocenters. The van der Waals surface area contributed by atoms with Crippen LogP contribution in [0.4, 0.5) is 0 Å². The molecule has 0 atom stereocenters. The first-order chi connectivity index (χ1) is 6.95. The van der Waals surface area contributed by atoms with E-state index in [4.69, 9.17) is 0 Å². The van der Waals surface area contributed by atoms with Crippen LogP contribution in [-0.4, -0.2) is 21.7 Å². The molecule has 2 rings (SSSR count). The van der Waals surface area contributed by atoms with Crippen molar-refractivity contribution in [1.82, 2.24) is 20.5 Å². The van der Waals surface area contributed by atoms with Gasteiger partial charge in [-0.15, -0.1) is 0 Å². The molecule has 0 amide bonds. The first-order valence-corrected chi connectivity index (χ1v) is 5.45. The Bertz CT molecular complexity index is 305. The third kappa shape index (κ3) is 2.65. The van der Waals surface area contributed by atoms with Crippen LogP contribution in [0.3, 0.4) is 0 Å². The molecule has 0 spiro atoms. The molecule has 0 saturated heterocycles. The van der Waals surface area contributed by atoms with E-state index in [9.17, 15) is 0 Å². The van der Waals surface area contributed by atoms with Gasteiger partial charge in [0.15, 0.2) is 0 Å². The SMILES string of the molecule is c1n[nH]c(CCNCc2ccsc2)n1. The molecule has 14 heavy (non-hydrogen) atoms. The van der Waals surface area contributed by atoms with E-state index in [-0.39, 0.29) is 0 Å². The Kier molecular flexibility index (Phi) is 3.26. The van der Waals surface area contributed by atoms with E-state index < -0.39 is 0 Å². The summed E-state index contributed by atoms with van der Waals surface area (Å²) in [6.07, 6.45) is 2.43. The lowest BCUT2D eigenvalue weighted by Crippen LogP contribution is -2.16. The van der Waals surface area contributed by atoms with Crippen LogP contribution in [0.1, 0.15) is 11.4 Å². The van der Waals surface area contributed by atoms with Gasteiger partial charge in [0.2, 0.25) is 0 Å². The maximum Gasteiger partial charge on any atom is 0.137 e. The lowest BCUT2D eigenvalue weighted by molar-refractivity contribution is 0.673. The molecule has 0 aromatic carbocycles. The molecule has 2 N–H and O–H groups in total. The van der Waals surface area contributed by atoms with Gasteiger partial charge in [-0.25, -0.2) is 4.98 Å². The number of aromatic nitrogens is 3. The third-order valence-electron chi connectivity index (χ3n) is 1.91. The van der Waals surface area contributed by atoms with Crippen molar-refractivity contribution in [3.8, 4) is 0 Å². The topological polar surface area (TPSA) is 53.6 Å². The minimum Gasteiger partial charge on any atom is -0.312 e. The average Bonchev–Trinajstić information content (AvgIpc) is 2.86. The van der Waals surface area contributed by atoms with E-state index in [0.717, 1.165) is 25.3 Å². The van der Waals surface area contributed by atoms with Crippen molar-refractivity contribution in [3.05, 3.63) is 34.5 Å². The summed E-state index contributed by atoms with van der Waals surface area (Å²) in [5.41, 5.74) is 1.34. The highest BCUT2D eigenvalue weighted by Crippen LogP contribution is 2.04. The average molecular weight is 208 g/mol. The largest absolute Gasteiger partial charge is 0.312 e. The zero-order valence-corrected chi connectivity index (χ0v) is 8.55. The molecule has 0 fully saturated rings. The van der Waals surface area contributed by atoms with Crippen molar-refractivity contribution in [1.29, 1.82) is 0 Å². The van der Waals surface area contributed by atoms with E-state index in [0.29, 0.717) is 0 Å². The number of H-pyrrole nitrogens is 1. The lowest BCUT2D eigenvalue weighted by Gasteiger charge is -2.00. The molecule has 0 aliphatic heterocycles. The van der Waals surface area contributed by atoms with Gasteiger partial charge in [0, 0.05) is 19.5 Å². The second-order valence-electron chi connectivity index (χ2n) is 2.99. The second kappa shape index (κ2) is 4.88. The molecule has 5 heteroatoms. The second-order valence-corrected chi connectivity index (χ2v) is 3.77. The van der Waals surface area contributed by atoms with E-state index in [2.05, 4.69) is 37.3 Å². The molecule has 2 aromatic rings. The van der Waals surface area contributed by atoms with Gasteiger partial charge < -0.3 is 5.32 Å². The standard InChI is InChI=1S/C9H12N4S/c1(9-11-7-12-13-9)3-10-5-8-2-4-14-6-8/h2,4,6-7,10H,1,3,5H2,(H,11,12,13). The predicted molar refractivity (Wildman–Crippen MR) is 56.1 cm³/mol. The number of aromatic amines is 1. The highest BCUT2D eigenvalue weighted by atomic mass is 32.1. The van der Waals surface area contributed by atoms with E-state index in [1.165, 1.54) is 11.9 Å². The van der Waals surface area contributed by atoms with Gasteiger partial charge in [-0.3, -0.25) is 5.10 Å². The molecule has 0 radical (unpaired) electrons. The summed E-state index contributed by atoms with van der Waals surface area (Å²) in [5.74, 6) is 0.933. The summed E-state index contributed by atoms with van der Waals surface area (Å²) in [6, 6.07) is 2.13. The monoisotopic (exact) mass is 208 g/mol. The number of hydrogen-bond donors (Lipinski definition) is 2. The molecule has 4 nitrogen and oxygen atoms in total. The summed E-state index contributed by atoms with van der Waals surface area (Å²) >= 11 is 1.73. The fourth-order valence-corrected chi connectivity index (χ4v) is 1.85. The molecule has 0 aliphatic carbocycles. The van der Waals surface area contributed by atoms with E-state index in [1.54, 1.807) is 11.3 Å². The smallest absolute Gasteiger partial charge is 0.137 e. The highest BCUT2D eigenvalue weighted by molar-refractivity contribution is 7.07. The zero-order valence-electron chi connectivity index (χ0n) is 7.73. The van der Waals surface area contributed by atoms with Crippen LogP contribution in [0.25, 0.3) is 0 Å². The van der Waals surface area contributed by atoms with Gasteiger partial charge in [0.1, 0.15) is 12.2 Å². The quantitative estimate of drug-likeness (QED) is 0.726. The summed E-state index contributed by atoms with van der Waals surface area (Å²) < 4.78 is 0. The van der Waals surface area contributed by atoms with Crippen molar-refractivity contribution < 1.29 is 0 Å². The molecule has 0 aliphatic rings. The summed E-state index contributed by atoms with van der Waals surface area (Å²) in [7, 11) is 0. The van der Waals surface area contributed by atoms with Crippen LogP contribution >= 0.6 is 11.3 Å². The Labute approximate surface area is 86.4 Å². The number of thiophene rings is 1. The molecule has 2 heterocycles. The van der Waals surface area contributed by atoms with Gasteiger partial charge in [0.25, 0.3) is 0 Å². The van der Waals surface area contributed by atoms with Gasteiger partial charge >= 0.3 is 0 Å². The molecular weight excluding hydrogens is 196 g/mol. The molecule has 2 aromatic heterocycles. The van der Waals surface area contributed by atoms with Crippen LogP contribution < -0.4 is 5.32 Å². The van der Waals surface area contributed by atoms with Crippen LogP contribution in [-0.2, 0) is 13.0 Å². The first kappa shape index (κ1) is 9.36. The number of nitrogens with one attached hydrogen (secondary N) is 2. The Hall–Kier alpha value is -1.20. The van der Waals surface area contributed by atoms with Gasteiger partial charge in [0.05, 0.1) is 0 Å². The predicted octanol–water partition coefficient (Wildman–Crippen LogP) is 1.20. The number of hydrogen-bond acceptors (Lipinski definition) is 4. The van der Waals surface area contributed by atoms with Crippen molar-refractivity contribution in [2.24, 2.45) is 0 Å². The lowest BCUT2D eigenvalue weighted by atomic mass is 10.3. The molecule has 0 saturated carbocycles. The summed E-state index contributed by atoms with van der Waals surface area (Å²) in [4.78, 5) is 4.05. The highest BCUT2D eigenvalue weighted by Gasteiger charge is 1.95. The molecule has 0 bridgehead atoms. The van der Waals surface area contributed by atoms with Crippen LogP contribution in [0.2, 0.25) is 0 Å². The van der Waals surface area contributed by atoms with Gasteiger partial charge in [-0.2, -0.15) is 16.4 Å². The van der Waals surface area contributed by atoms with Crippen LogP contribution in [0.5, 0.6) is 0 Å². The van der Waals surface area contributed by atoms with Crippen molar-refractivity contribution in [2.45, 2.75) is 13.0 Å². The minimum atomic E-state index is 0.893. The van der Waals surface area contributed by atoms with E-state index >= 15 is 0 Å². The molecular formula is C9H12N4S.